The maximum absolute atomic E-state index is 12.7. The van der Waals surface area contributed by atoms with Gasteiger partial charge in [0, 0.05) is 12.1 Å². The number of hydrogen-bond donors (Lipinski definition) is 2. The number of nitrogens with zero attached hydrogens (tertiary/aromatic N) is 1. The number of nitrogen functional groups attached to an aromatic ring is 1. The van der Waals surface area contributed by atoms with Gasteiger partial charge in [-0.25, -0.2) is 0 Å². The molecule has 2 aromatic rings. The van der Waals surface area contributed by atoms with Crippen molar-refractivity contribution in [1.29, 1.82) is 0 Å². The van der Waals surface area contributed by atoms with Crippen LogP contribution >= 0.6 is 0 Å². The molecule has 0 bridgehead atoms. The van der Waals surface area contributed by atoms with Gasteiger partial charge in [0.1, 0.15) is 18.7 Å². The molecule has 3 N–H and O–H groups in total. The van der Waals surface area contributed by atoms with E-state index in [1.54, 1.807) is 12.1 Å². The Morgan fingerprint density at radius 1 is 1.07 bits per heavy atom. The summed E-state index contributed by atoms with van der Waals surface area (Å²) in [5.41, 5.74) is 7.78. The average Bonchev–Trinajstić information content (AvgIpc) is 2.72. The van der Waals surface area contributed by atoms with Crippen molar-refractivity contribution in [3.8, 4) is 0 Å². The van der Waals surface area contributed by atoms with Gasteiger partial charge in [0.15, 0.2) is 0 Å². The fourth-order valence-corrected chi connectivity index (χ4v) is 2.89. The maximum atomic E-state index is 12.7. The van der Waals surface area contributed by atoms with Crippen LogP contribution in [0.25, 0.3) is 0 Å². The van der Waals surface area contributed by atoms with E-state index in [9.17, 15) is 9.59 Å². The minimum Gasteiger partial charge on any atom is -0.468 e. The number of rotatable bonds is 10. The zero-order valence-electron chi connectivity index (χ0n) is 17.1. The number of nitrogens with one attached hydrogen (secondary N) is 1. The lowest BCUT2D eigenvalue weighted by Crippen LogP contribution is -2.49. The highest BCUT2D eigenvalue weighted by molar-refractivity contribution is 5.79. The molecule has 0 saturated carbocycles. The van der Waals surface area contributed by atoms with Gasteiger partial charge >= 0.3 is 11.9 Å². The summed E-state index contributed by atoms with van der Waals surface area (Å²) in [5, 5.41) is 3.11. The second-order valence-electron chi connectivity index (χ2n) is 7.30. The number of hydrogen-bond acceptors (Lipinski definition) is 7. The van der Waals surface area contributed by atoms with E-state index in [-0.39, 0.29) is 18.9 Å². The fraction of sp³-hybridized carbons (Fsp3) is 0.409. The van der Waals surface area contributed by atoms with Crippen LogP contribution in [0.1, 0.15) is 31.5 Å². The third-order valence-corrected chi connectivity index (χ3v) is 4.36. The number of benzene rings is 1. The molecule has 0 amide bonds. The van der Waals surface area contributed by atoms with Gasteiger partial charge in [0.05, 0.1) is 19.0 Å². The molecule has 1 heterocycles. The Bertz CT molecular complexity index is 778. The summed E-state index contributed by atoms with van der Waals surface area (Å²) in [6.07, 6.45) is 2.33. The van der Waals surface area contributed by atoms with Crippen molar-refractivity contribution in [2.75, 3.05) is 12.8 Å². The minimum absolute atomic E-state index is 0.179. The molecule has 29 heavy (non-hydrogen) atoms. The van der Waals surface area contributed by atoms with E-state index in [0.717, 1.165) is 5.56 Å². The summed E-state index contributed by atoms with van der Waals surface area (Å²) in [7, 11) is 1.32. The molecule has 0 aliphatic rings. The highest BCUT2D eigenvalue weighted by atomic mass is 16.5. The van der Waals surface area contributed by atoms with Gasteiger partial charge in [-0.1, -0.05) is 44.2 Å². The van der Waals surface area contributed by atoms with Crippen LogP contribution in [-0.4, -0.2) is 36.1 Å². The maximum Gasteiger partial charge on any atom is 0.323 e. The van der Waals surface area contributed by atoms with Crippen molar-refractivity contribution < 1.29 is 19.1 Å². The molecule has 0 saturated heterocycles. The first-order valence-corrected chi connectivity index (χ1v) is 9.64. The predicted molar refractivity (Wildman–Crippen MR) is 111 cm³/mol. The van der Waals surface area contributed by atoms with Crippen LogP contribution in [0.4, 0.5) is 5.69 Å². The lowest BCUT2D eigenvalue weighted by Gasteiger charge is -2.24. The fourth-order valence-electron chi connectivity index (χ4n) is 2.89. The van der Waals surface area contributed by atoms with E-state index in [0.29, 0.717) is 17.8 Å². The van der Waals surface area contributed by atoms with Crippen molar-refractivity contribution in [2.45, 2.75) is 45.4 Å². The Labute approximate surface area is 171 Å². The molecule has 0 fully saturated rings. The molecule has 2 rings (SSSR count). The van der Waals surface area contributed by atoms with Crippen LogP contribution in [0.2, 0.25) is 0 Å². The number of esters is 2. The topological polar surface area (TPSA) is 104 Å². The van der Waals surface area contributed by atoms with Gasteiger partial charge < -0.3 is 15.2 Å². The summed E-state index contributed by atoms with van der Waals surface area (Å²) < 4.78 is 10.4. The molecular weight excluding hydrogens is 370 g/mol. The van der Waals surface area contributed by atoms with Crippen molar-refractivity contribution in [1.82, 2.24) is 10.3 Å². The highest BCUT2D eigenvalue weighted by Crippen LogP contribution is 2.12. The average molecular weight is 399 g/mol. The zero-order valence-corrected chi connectivity index (χ0v) is 17.1. The third kappa shape index (κ3) is 7.54. The molecule has 1 aromatic heterocycles. The first kappa shape index (κ1) is 22.4. The normalized spacial score (nSPS) is 13.0. The van der Waals surface area contributed by atoms with E-state index in [1.165, 1.54) is 13.3 Å². The molecule has 0 radical (unpaired) electrons. The summed E-state index contributed by atoms with van der Waals surface area (Å²) >= 11 is 0. The number of anilines is 1. The van der Waals surface area contributed by atoms with E-state index < -0.39 is 24.0 Å². The Balaban J connectivity index is 2.09. The number of carbonyl (C=O) groups excluding carboxylic acids is 2. The number of ether oxygens (including phenoxy) is 2. The molecule has 7 heteroatoms. The number of carbonyl (C=O) groups is 2. The Kier molecular flexibility index (Phi) is 8.61. The zero-order chi connectivity index (χ0) is 21.2. The van der Waals surface area contributed by atoms with Gasteiger partial charge in [-0.15, -0.1) is 0 Å². The van der Waals surface area contributed by atoms with Crippen molar-refractivity contribution in [2.24, 2.45) is 5.92 Å². The SMILES string of the molecule is COC(=O)[C@H](Cc1ccc(N)cn1)N[C@@H](CC(C)C)C(=O)OCc1ccccc1. The predicted octanol–water partition coefficient (Wildman–Crippen LogP) is 2.50. The molecule has 0 aliphatic carbocycles. The Morgan fingerprint density at radius 2 is 1.79 bits per heavy atom. The van der Waals surface area contributed by atoms with Crippen LogP contribution in [0, 0.1) is 5.92 Å². The molecule has 0 spiro atoms. The summed E-state index contributed by atoms with van der Waals surface area (Å²) in [6, 6.07) is 11.6. The first-order valence-electron chi connectivity index (χ1n) is 9.64. The van der Waals surface area contributed by atoms with Gasteiger partial charge in [-0.3, -0.25) is 19.9 Å². The molecule has 7 nitrogen and oxygen atoms in total. The van der Waals surface area contributed by atoms with Crippen LogP contribution in [-0.2, 0) is 32.1 Å². The van der Waals surface area contributed by atoms with Crippen molar-refractivity contribution in [3.05, 3.63) is 59.9 Å². The second kappa shape index (κ2) is 11.2. The monoisotopic (exact) mass is 399 g/mol. The van der Waals surface area contributed by atoms with Gasteiger partial charge in [0.2, 0.25) is 0 Å². The first-order chi connectivity index (χ1) is 13.9. The largest absolute Gasteiger partial charge is 0.468 e. The van der Waals surface area contributed by atoms with E-state index in [1.807, 2.05) is 44.2 Å². The van der Waals surface area contributed by atoms with Crippen molar-refractivity contribution in [3.63, 3.8) is 0 Å². The van der Waals surface area contributed by atoms with Crippen molar-refractivity contribution >= 4 is 17.6 Å². The summed E-state index contributed by atoms with van der Waals surface area (Å²) in [6.45, 7) is 4.19. The van der Waals surface area contributed by atoms with Gasteiger partial charge in [-0.2, -0.15) is 0 Å². The van der Waals surface area contributed by atoms with Gasteiger partial charge in [0.25, 0.3) is 0 Å². The van der Waals surface area contributed by atoms with Crippen LogP contribution in [0.3, 0.4) is 0 Å². The number of methoxy groups -OCH3 is 1. The molecule has 156 valence electrons. The molecular formula is C22H29N3O4. The summed E-state index contributed by atoms with van der Waals surface area (Å²) in [5.74, 6) is -0.639. The number of aromatic nitrogens is 1. The Morgan fingerprint density at radius 3 is 2.38 bits per heavy atom. The van der Waals surface area contributed by atoms with E-state index in [2.05, 4.69) is 10.3 Å². The smallest absolute Gasteiger partial charge is 0.323 e. The van der Waals surface area contributed by atoms with Crippen LogP contribution in [0.5, 0.6) is 0 Å². The van der Waals surface area contributed by atoms with Gasteiger partial charge in [-0.05, 0) is 30.0 Å². The highest BCUT2D eigenvalue weighted by Gasteiger charge is 2.29. The lowest BCUT2D eigenvalue weighted by molar-refractivity contribution is -0.149. The summed E-state index contributed by atoms with van der Waals surface area (Å²) in [4.78, 5) is 29.3. The molecule has 1 aromatic carbocycles. The van der Waals surface area contributed by atoms with Crippen LogP contribution < -0.4 is 11.1 Å². The molecule has 0 aliphatic heterocycles. The molecule has 0 unspecified atom stereocenters. The minimum atomic E-state index is -0.732. The lowest BCUT2D eigenvalue weighted by atomic mass is 10.0. The number of nitrogens with two attached hydrogens (primary N) is 1. The van der Waals surface area contributed by atoms with E-state index >= 15 is 0 Å². The second-order valence-corrected chi connectivity index (χ2v) is 7.30. The quantitative estimate of drug-likeness (QED) is 0.592. The Hall–Kier alpha value is -2.93. The van der Waals surface area contributed by atoms with E-state index in [4.69, 9.17) is 15.2 Å². The standard InChI is InChI=1S/C22H29N3O4/c1-15(2)11-19(22(27)29-14-16-7-5-4-6-8-16)25-20(21(26)28-3)12-18-10-9-17(23)13-24-18/h4-10,13,15,19-20,25H,11-12,14,23H2,1-3H3/t19-,20-/m0/s1. The van der Waals surface area contributed by atoms with Crippen LogP contribution in [0.15, 0.2) is 48.7 Å². The number of pyridine rings is 1. The molecule has 2 atom stereocenters. The third-order valence-electron chi connectivity index (χ3n) is 4.36.